The van der Waals surface area contributed by atoms with Crippen LogP contribution in [0, 0.1) is 5.92 Å². The molecule has 4 heterocycles. The first-order chi connectivity index (χ1) is 23.9. The smallest absolute Gasteiger partial charge is 0.264 e. The Bertz CT molecular complexity index is 1960. The zero-order valence-electron chi connectivity index (χ0n) is 28.5. The van der Waals surface area contributed by atoms with Crippen molar-refractivity contribution in [1.29, 1.82) is 0 Å². The average Bonchev–Trinajstić information content (AvgIpc) is 3.83. The number of aromatic amines is 1. The zero-order chi connectivity index (χ0) is 35.4. The first-order valence-corrected chi connectivity index (χ1v) is 21.1. The Morgan fingerprint density at radius 3 is 2.70 bits per heavy atom. The topological polar surface area (TPSA) is 135 Å². The normalized spacial score (nSPS) is 24.8. The van der Waals surface area contributed by atoms with Crippen LogP contribution in [0.2, 0.25) is 18.6 Å². The van der Waals surface area contributed by atoms with Crippen LogP contribution in [0.5, 0.6) is 0 Å². The van der Waals surface area contributed by atoms with Gasteiger partial charge in [0.25, 0.3) is 5.91 Å². The number of amides is 3. The number of halogens is 1. The molecule has 5 atom stereocenters. The van der Waals surface area contributed by atoms with Gasteiger partial charge < -0.3 is 34.7 Å². The van der Waals surface area contributed by atoms with Crippen LogP contribution in [0.4, 0.5) is 11.4 Å². The van der Waals surface area contributed by atoms with E-state index in [9.17, 15) is 24.3 Å². The number of carbonyl (C=O) groups excluding carboxylic acids is 3. The van der Waals surface area contributed by atoms with Crippen LogP contribution in [0.3, 0.4) is 0 Å². The van der Waals surface area contributed by atoms with Crippen LogP contribution in [0.25, 0.3) is 10.9 Å². The van der Waals surface area contributed by atoms with Gasteiger partial charge >= 0.3 is 0 Å². The number of rotatable bonds is 9. The van der Waals surface area contributed by atoms with E-state index in [1.807, 2.05) is 92.9 Å². The van der Waals surface area contributed by atoms with Crippen molar-refractivity contribution in [2.45, 2.75) is 75.5 Å². The molecule has 1 aromatic heterocycles. The first-order valence-electron chi connectivity index (χ1n) is 17.3. The lowest BCUT2D eigenvalue weighted by atomic mass is 9.82. The Morgan fingerprint density at radius 2 is 1.92 bits per heavy atom. The molecule has 0 saturated carbocycles. The molecule has 4 aromatic rings. The Labute approximate surface area is 301 Å². The molecule has 10 nitrogen and oxygen atoms in total. The molecule has 3 aliphatic heterocycles. The molecule has 2 fully saturated rings. The minimum absolute atomic E-state index is 0.0289. The fourth-order valence-electron chi connectivity index (χ4n) is 8.64. The molecule has 12 heteroatoms. The summed E-state index contributed by atoms with van der Waals surface area (Å²) >= 11 is 3.61. The maximum Gasteiger partial charge on any atom is 0.264 e. The van der Waals surface area contributed by atoms with E-state index in [-0.39, 0.29) is 49.8 Å². The summed E-state index contributed by atoms with van der Waals surface area (Å²) < 4.78 is 7.66. The maximum atomic E-state index is 14.8. The standard InChI is InChI=1S/C38H43BrN4O6Si/c1-23-36(50(2,3)48)33(19-35(46)42-15-7-10-28(42)22-44)49-38(23)30-18-26(39)13-14-32(30)43(37(38)47)21-24-8-6-9-27(16-24)41-34(45)17-25-20-40-31-12-5-4-11-29(25)31/h4-6,8-9,11-14,16,18,20,23,28,33,36,40,44,48H,7,10,15,17,19,21-22H2,1-3H3,(H,41,45)/t23-,28-,33+,36-,38+/m0/s1. The van der Waals surface area contributed by atoms with Crippen molar-refractivity contribution in [2.24, 2.45) is 5.92 Å². The highest BCUT2D eigenvalue weighted by atomic mass is 79.9. The van der Waals surface area contributed by atoms with Crippen LogP contribution >= 0.6 is 15.9 Å². The van der Waals surface area contributed by atoms with Crippen molar-refractivity contribution in [3.05, 3.63) is 94.1 Å². The third-order valence-corrected chi connectivity index (χ3v) is 13.8. The van der Waals surface area contributed by atoms with Crippen LogP contribution in [0.1, 0.15) is 42.9 Å². The zero-order valence-corrected chi connectivity index (χ0v) is 31.1. The molecule has 50 heavy (non-hydrogen) atoms. The maximum absolute atomic E-state index is 14.8. The van der Waals surface area contributed by atoms with Gasteiger partial charge in [0.05, 0.1) is 43.8 Å². The molecule has 3 aromatic carbocycles. The number of nitrogens with one attached hydrogen (secondary N) is 2. The number of ether oxygens (including phenoxy) is 1. The Hall–Kier alpha value is -3.81. The Balaban J connectivity index is 1.15. The highest BCUT2D eigenvalue weighted by Gasteiger charge is 2.66. The van der Waals surface area contributed by atoms with Gasteiger partial charge in [-0.05, 0) is 73.5 Å². The summed E-state index contributed by atoms with van der Waals surface area (Å²) in [5.74, 6) is -0.924. The lowest BCUT2D eigenvalue weighted by Crippen LogP contribution is -2.46. The summed E-state index contributed by atoms with van der Waals surface area (Å²) in [6, 6.07) is 20.9. The van der Waals surface area contributed by atoms with Gasteiger partial charge in [-0.2, -0.15) is 0 Å². The lowest BCUT2D eigenvalue weighted by Gasteiger charge is -2.33. The van der Waals surface area contributed by atoms with E-state index in [0.717, 1.165) is 39.3 Å². The molecule has 1 spiro atoms. The number of likely N-dealkylation sites (tertiary alicyclic amines) is 1. The van der Waals surface area contributed by atoms with Crippen molar-refractivity contribution in [3.63, 3.8) is 0 Å². The van der Waals surface area contributed by atoms with Crippen molar-refractivity contribution in [3.8, 4) is 0 Å². The Morgan fingerprint density at radius 1 is 1.12 bits per heavy atom. The van der Waals surface area contributed by atoms with E-state index in [2.05, 4.69) is 26.2 Å². The third kappa shape index (κ3) is 6.10. The van der Waals surface area contributed by atoms with E-state index in [1.165, 1.54) is 0 Å². The van der Waals surface area contributed by atoms with Crippen molar-refractivity contribution in [1.82, 2.24) is 9.88 Å². The predicted octanol–water partition coefficient (Wildman–Crippen LogP) is 5.83. The van der Waals surface area contributed by atoms with Gasteiger partial charge in [0.15, 0.2) is 13.9 Å². The van der Waals surface area contributed by atoms with Crippen molar-refractivity contribution in [2.75, 3.05) is 23.4 Å². The molecule has 3 aliphatic rings. The van der Waals surface area contributed by atoms with E-state index < -0.39 is 31.5 Å². The molecule has 3 amide bonds. The van der Waals surface area contributed by atoms with E-state index in [4.69, 9.17) is 4.74 Å². The minimum atomic E-state index is -2.97. The number of aliphatic hydroxyl groups is 1. The van der Waals surface area contributed by atoms with Gasteiger partial charge in [-0.3, -0.25) is 14.4 Å². The lowest BCUT2D eigenvalue weighted by molar-refractivity contribution is -0.150. The second-order valence-corrected chi connectivity index (χ2v) is 19.4. The Kier molecular flexibility index (Phi) is 9.27. The fourth-order valence-corrected chi connectivity index (χ4v) is 11.6. The predicted molar refractivity (Wildman–Crippen MR) is 198 cm³/mol. The molecule has 0 aliphatic carbocycles. The quantitative estimate of drug-likeness (QED) is 0.159. The second-order valence-electron chi connectivity index (χ2n) is 14.5. The van der Waals surface area contributed by atoms with Crippen LogP contribution in [0.15, 0.2) is 77.4 Å². The highest BCUT2D eigenvalue weighted by Crippen LogP contribution is 2.60. The average molecular weight is 760 g/mol. The van der Waals surface area contributed by atoms with Crippen LogP contribution in [-0.4, -0.2) is 71.1 Å². The SMILES string of the molecule is C[C@H]1[C@H]([Si](C)(C)O)[C@@H](CC(=O)N2CCC[C@H]2CO)O[C@]12C(=O)N(Cc1cccc(NC(=O)Cc3c[nH]c4ccccc34)c1)c1ccc(Br)cc12. The number of aliphatic hydroxyl groups excluding tert-OH is 1. The van der Waals surface area contributed by atoms with Gasteiger partial charge in [-0.1, -0.05) is 53.2 Å². The molecule has 2 saturated heterocycles. The summed E-state index contributed by atoms with van der Waals surface area (Å²) in [6.45, 7) is 6.37. The van der Waals surface area contributed by atoms with Gasteiger partial charge in [0.2, 0.25) is 11.8 Å². The number of aromatic nitrogens is 1. The molecular weight excluding hydrogens is 716 g/mol. The monoisotopic (exact) mass is 758 g/mol. The van der Waals surface area contributed by atoms with E-state index in [1.54, 1.807) is 9.80 Å². The molecule has 262 valence electrons. The number of anilines is 2. The summed E-state index contributed by atoms with van der Waals surface area (Å²) in [5, 5.41) is 13.9. The van der Waals surface area contributed by atoms with Crippen LogP contribution < -0.4 is 10.2 Å². The first kappa shape index (κ1) is 34.6. The summed E-state index contributed by atoms with van der Waals surface area (Å²) in [5.41, 5.74) is 2.98. The number of para-hydroxylation sites is 1. The van der Waals surface area contributed by atoms with E-state index >= 15 is 0 Å². The van der Waals surface area contributed by atoms with Gasteiger partial charge in [0, 0.05) is 50.8 Å². The molecule has 0 bridgehead atoms. The largest absolute Gasteiger partial charge is 0.432 e. The number of fused-ring (bicyclic) bond motifs is 3. The summed E-state index contributed by atoms with van der Waals surface area (Å²) in [7, 11) is -2.97. The molecule has 0 unspecified atom stereocenters. The molecule has 7 rings (SSSR count). The van der Waals surface area contributed by atoms with Gasteiger partial charge in [0.1, 0.15) is 0 Å². The summed E-state index contributed by atoms with van der Waals surface area (Å²) in [4.78, 5) is 59.9. The molecule has 4 N–H and O–H groups in total. The highest BCUT2D eigenvalue weighted by molar-refractivity contribution is 9.10. The number of hydrogen-bond donors (Lipinski definition) is 4. The van der Waals surface area contributed by atoms with Gasteiger partial charge in [-0.25, -0.2) is 0 Å². The number of H-pyrrole nitrogens is 1. The number of carbonyl (C=O) groups is 3. The van der Waals surface area contributed by atoms with E-state index in [0.29, 0.717) is 23.5 Å². The fraction of sp³-hybridized carbons (Fsp3) is 0.395. The summed E-state index contributed by atoms with van der Waals surface area (Å²) in [6.07, 6.45) is 3.02. The molecular formula is C38H43BrN4O6Si. The number of benzene rings is 3. The molecule has 0 radical (unpaired) electrons. The number of nitrogens with zero attached hydrogens (tertiary/aromatic N) is 2. The second kappa shape index (κ2) is 13.4. The minimum Gasteiger partial charge on any atom is -0.432 e. The van der Waals surface area contributed by atoms with Gasteiger partial charge in [-0.15, -0.1) is 0 Å². The third-order valence-electron chi connectivity index (χ3n) is 10.8. The number of hydrogen-bond acceptors (Lipinski definition) is 6. The van der Waals surface area contributed by atoms with Crippen LogP contribution in [-0.2, 0) is 37.7 Å². The van der Waals surface area contributed by atoms with Crippen molar-refractivity contribution >= 4 is 64.2 Å². The van der Waals surface area contributed by atoms with Crippen molar-refractivity contribution < 1.29 is 29.0 Å².